The highest BCUT2D eigenvalue weighted by Crippen LogP contribution is 2.33. The number of rotatable bonds is 6. The molecule has 0 unspecified atom stereocenters. The minimum Gasteiger partial charge on any atom is -0.493 e. The number of ether oxygens (including phenoxy) is 2. The lowest BCUT2D eigenvalue weighted by Crippen LogP contribution is -1.99. The molecule has 0 atom stereocenters. The summed E-state index contributed by atoms with van der Waals surface area (Å²) in [5, 5.41) is 2.93. The largest absolute Gasteiger partial charge is 0.493 e. The molecule has 0 aliphatic heterocycles. The highest BCUT2D eigenvalue weighted by Gasteiger charge is 2.09. The summed E-state index contributed by atoms with van der Waals surface area (Å²) in [4.78, 5) is 4.55. The van der Waals surface area contributed by atoms with Gasteiger partial charge in [-0.15, -0.1) is 0 Å². The van der Waals surface area contributed by atoms with Crippen molar-refractivity contribution in [3.05, 3.63) is 65.2 Å². The summed E-state index contributed by atoms with van der Waals surface area (Å²) in [6.07, 6.45) is 2.67. The lowest BCUT2D eigenvalue weighted by Gasteiger charge is -2.11. The Morgan fingerprint density at radius 2 is 1.80 bits per heavy atom. The molecular weight excluding hydrogens is 334 g/mol. The van der Waals surface area contributed by atoms with Gasteiger partial charge < -0.3 is 9.47 Å². The lowest BCUT2D eigenvalue weighted by atomic mass is 10.1. The number of halogens is 1. The number of nitrogens with zero attached hydrogens (tertiary/aromatic N) is 1. The SMILES string of the molecule is CCCOc1cc(Cl)c(C=Nc2ccc3ccccc3c2)cc1OC. The van der Waals surface area contributed by atoms with Gasteiger partial charge in [0.05, 0.1) is 24.4 Å². The topological polar surface area (TPSA) is 30.8 Å². The zero-order valence-corrected chi connectivity index (χ0v) is 15.1. The summed E-state index contributed by atoms with van der Waals surface area (Å²) in [5.41, 5.74) is 1.66. The zero-order valence-electron chi connectivity index (χ0n) is 14.3. The molecule has 0 aliphatic carbocycles. The van der Waals surface area contributed by atoms with E-state index >= 15 is 0 Å². The van der Waals surface area contributed by atoms with E-state index in [1.807, 2.05) is 24.3 Å². The fourth-order valence-electron chi connectivity index (χ4n) is 2.54. The predicted octanol–water partition coefficient (Wildman–Crippen LogP) is 6.04. The third kappa shape index (κ3) is 4.12. The monoisotopic (exact) mass is 353 g/mol. The first-order valence-corrected chi connectivity index (χ1v) is 8.62. The van der Waals surface area contributed by atoms with E-state index in [1.54, 1.807) is 19.4 Å². The number of fused-ring (bicyclic) bond motifs is 1. The van der Waals surface area contributed by atoms with Crippen LogP contribution in [0.1, 0.15) is 18.9 Å². The maximum Gasteiger partial charge on any atom is 0.162 e. The summed E-state index contributed by atoms with van der Waals surface area (Å²) in [7, 11) is 1.62. The zero-order chi connectivity index (χ0) is 17.6. The Balaban J connectivity index is 1.88. The predicted molar refractivity (Wildman–Crippen MR) is 105 cm³/mol. The first-order valence-electron chi connectivity index (χ1n) is 8.24. The Labute approximate surface area is 152 Å². The van der Waals surface area contributed by atoms with E-state index in [0.29, 0.717) is 23.1 Å². The van der Waals surface area contributed by atoms with Crippen LogP contribution in [-0.2, 0) is 0 Å². The smallest absolute Gasteiger partial charge is 0.162 e. The van der Waals surface area contributed by atoms with E-state index in [-0.39, 0.29) is 0 Å². The van der Waals surface area contributed by atoms with Crippen LogP contribution in [0.2, 0.25) is 5.02 Å². The molecule has 3 rings (SSSR count). The van der Waals surface area contributed by atoms with Crippen molar-refractivity contribution in [3.63, 3.8) is 0 Å². The molecule has 0 bridgehead atoms. The average Bonchev–Trinajstić information content (AvgIpc) is 2.65. The van der Waals surface area contributed by atoms with E-state index in [1.165, 1.54) is 5.39 Å². The Kier molecular flexibility index (Phi) is 5.56. The minimum absolute atomic E-state index is 0.580. The molecule has 128 valence electrons. The van der Waals surface area contributed by atoms with Gasteiger partial charge in [0.1, 0.15) is 0 Å². The van der Waals surface area contributed by atoms with Gasteiger partial charge in [-0.05, 0) is 35.4 Å². The van der Waals surface area contributed by atoms with Gasteiger partial charge in [0.15, 0.2) is 11.5 Å². The summed E-state index contributed by atoms with van der Waals surface area (Å²) in [6, 6.07) is 17.9. The molecule has 0 heterocycles. The van der Waals surface area contributed by atoms with Gasteiger partial charge >= 0.3 is 0 Å². The number of benzene rings is 3. The van der Waals surface area contributed by atoms with Gasteiger partial charge in [-0.3, -0.25) is 4.99 Å². The lowest BCUT2D eigenvalue weighted by molar-refractivity contribution is 0.294. The van der Waals surface area contributed by atoms with E-state index in [9.17, 15) is 0 Å². The average molecular weight is 354 g/mol. The normalized spacial score (nSPS) is 11.2. The molecule has 0 aliphatic rings. The van der Waals surface area contributed by atoms with Crippen LogP contribution in [0.15, 0.2) is 59.6 Å². The van der Waals surface area contributed by atoms with Crippen LogP contribution in [0.5, 0.6) is 11.5 Å². The van der Waals surface area contributed by atoms with Crippen LogP contribution in [0.3, 0.4) is 0 Å². The highest BCUT2D eigenvalue weighted by atomic mass is 35.5. The molecule has 0 saturated carbocycles. The maximum absolute atomic E-state index is 6.37. The Morgan fingerprint density at radius 3 is 2.56 bits per heavy atom. The quantitative estimate of drug-likeness (QED) is 0.506. The van der Waals surface area contributed by atoms with Crippen molar-refractivity contribution in [2.45, 2.75) is 13.3 Å². The number of hydrogen-bond acceptors (Lipinski definition) is 3. The fraction of sp³-hybridized carbons (Fsp3) is 0.190. The highest BCUT2D eigenvalue weighted by molar-refractivity contribution is 6.33. The Morgan fingerprint density at radius 1 is 1.00 bits per heavy atom. The van der Waals surface area contributed by atoms with Crippen LogP contribution >= 0.6 is 11.6 Å². The molecule has 0 N–H and O–H groups in total. The Hall–Kier alpha value is -2.52. The maximum atomic E-state index is 6.37. The van der Waals surface area contributed by atoms with Gasteiger partial charge in [0, 0.05) is 17.8 Å². The molecule has 0 saturated heterocycles. The number of methoxy groups -OCH3 is 1. The molecule has 3 aromatic carbocycles. The standard InChI is InChI=1S/C21H20ClNO2/c1-3-10-25-21-13-19(22)17(12-20(21)24-2)14-23-18-9-8-15-6-4-5-7-16(15)11-18/h4-9,11-14H,3,10H2,1-2H3. The molecule has 25 heavy (non-hydrogen) atoms. The van der Waals surface area contributed by atoms with Gasteiger partial charge in [0.2, 0.25) is 0 Å². The van der Waals surface area contributed by atoms with E-state index < -0.39 is 0 Å². The third-order valence-corrected chi connectivity index (χ3v) is 4.16. The van der Waals surface area contributed by atoms with Crippen LogP contribution in [-0.4, -0.2) is 19.9 Å². The fourth-order valence-corrected chi connectivity index (χ4v) is 2.74. The van der Waals surface area contributed by atoms with Crippen molar-refractivity contribution in [2.75, 3.05) is 13.7 Å². The van der Waals surface area contributed by atoms with E-state index in [0.717, 1.165) is 23.1 Å². The Bertz CT molecular complexity index is 906. The van der Waals surface area contributed by atoms with Crippen molar-refractivity contribution in [1.82, 2.24) is 0 Å². The first-order chi connectivity index (χ1) is 12.2. The minimum atomic E-state index is 0.580. The third-order valence-electron chi connectivity index (χ3n) is 3.83. The van der Waals surface area contributed by atoms with Gasteiger partial charge in [-0.2, -0.15) is 0 Å². The van der Waals surface area contributed by atoms with Gasteiger partial charge in [0.25, 0.3) is 0 Å². The van der Waals surface area contributed by atoms with Crippen LogP contribution in [0, 0.1) is 0 Å². The summed E-state index contributed by atoms with van der Waals surface area (Å²) in [6.45, 7) is 2.68. The molecule has 0 amide bonds. The molecule has 0 fully saturated rings. The first kappa shape index (κ1) is 17.3. The summed E-state index contributed by atoms with van der Waals surface area (Å²) in [5.74, 6) is 1.30. The number of aliphatic imine (C=N–C) groups is 1. The molecule has 3 nitrogen and oxygen atoms in total. The second-order valence-corrected chi connectivity index (χ2v) is 6.07. The molecule has 0 radical (unpaired) electrons. The van der Waals surface area contributed by atoms with Crippen LogP contribution in [0.25, 0.3) is 10.8 Å². The van der Waals surface area contributed by atoms with Crippen LogP contribution < -0.4 is 9.47 Å². The molecule has 3 aromatic rings. The van der Waals surface area contributed by atoms with Gasteiger partial charge in [-0.25, -0.2) is 0 Å². The summed E-state index contributed by atoms with van der Waals surface area (Å²) < 4.78 is 11.1. The molecule has 4 heteroatoms. The van der Waals surface area contributed by atoms with Crippen molar-refractivity contribution in [2.24, 2.45) is 4.99 Å². The molecular formula is C21H20ClNO2. The van der Waals surface area contributed by atoms with Crippen molar-refractivity contribution >= 4 is 34.3 Å². The van der Waals surface area contributed by atoms with Gasteiger partial charge in [-0.1, -0.05) is 48.9 Å². The molecule has 0 aromatic heterocycles. The molecule has 0 spiro atoms. The van der Waals surface area contributed by atoms with E-state index in [4.69, 9.17) is 21.1 Å². The number of hydrogen-bond donors (Lipinski definition) is 0. The second kappa shape index (κ2) is 8.04. The van der Waals surface area contributed by atoms with Crippen molar-refractivity contribution in [1.29, 1.82) is 0 Å². The second-order valence-electron chi connectivity index (χ2n) is 5.66. The van der Waals surface area contributed by atoms with E-state index in [2.05, 4.69) is 36.2 Å². The summed E-state index contributed by atoms with van der Waals surface area (Å²) >= 11 is 6.37. The van der Waals surface area contributed by atoms with Crippen LogP contribution in [0.4, 0.5) is 5.69 Å². The van der Waals surface area contributed by atoms with Crippen molar-refractivity contribution < 1.29 is 9.47 Å². The van der Waals surface area contributed by atoms with Crippen molar-refractivity contribution in [3.8, 4) is 11.5 Å².